The predicted molar refractivity (Wildman–Crippen MR) is 96.9 cm³/mol. The second-order valence-electron chi connectivity index (χ2n) is 5.67. The lowest BCUT2D eigenvalue weighted by atomic mass is 10.1. The molecule has 0 N–H and O–H groups in total. The van der Waals surface area contributed by atoms with Crippen LogP contribution in [0.15, 0.2) is 59.7 Å². The zero-order valence-electron chi connectivity index (χ0n) is 13.0. The van der Waals surface area contributed by atoms with E-state index in [0.29, 0.717) is 15.8 Å². The van der Waals surface area contributed by atoms with E-state index in [9.17, 15) is 9.59 Å². The average Bonchev–Trinajstić information content (AvgIpc) is 2.95. The van der Waals surface area contributed by atoms with Crippen LogP contribution in [0.25, 0.3) is 21.0 Å². The molecular weight excluding hydrogens is 320 g/mol. The molecule has 0 amide bonds. The Hall–Kier alpha value is -2.79. The summed E-state index contributed by atoms with van der Waals surface area (Å²) in [6.07, 6.45) is 1.45. The van der Waals surface area contributed by atoms with Gasteiger partial charge in [-0.05, 0) is 36.1 Å². The summed E-state index contributed by atoms with van der Waals surface area (Å²) in [6.45, 7) is 1.96. The molecule has 2 heterocycles. The van der Waals surface area contributed by atoms with Crippen LogP contribution in [-0.4, -0.2) is 15.3 Å². The van der Waals surface area contributed by atoms with E-state index < -0.39 is 0 Å². The third-order valence-corrected chi connectivity index (χ3v) is 5.46. The van der Waals surface area contributed by atoms with Crippen molar-refractivity contribution in [3.63, 3.8) is 0 Å². The van der Waals surface area contributed by atoms with Gasteiger partial charge in [0.1, 0.15) is 0 Å². The fourth-order valence-corrected chi connectivity index (χ4v) is 4.02. The van der Waals surface area contributed by atoms with E-state index >= 15 is 0 Å². The van der Waals surface area contributed by atoms with Gasteiger partial charge in [0.15, 0.2) is 5.78 Å². The number of thiophene rings is 1. The van der Waals surface area contributed by atoms with Crippen molar-refractivity contribution >= 4 is 38.1 Å². The number of carbonyl (C=O) groups is 1. The normalized spacial score (nSPS) is 11.2. The summed E-state index contributed by atoms with van der Waals surface area (Å²) in [6, 6.07) is 15.1. The van der Waals surface area contributed by atoms with Gasteiger partial charge >= 0.3 is 0 Å². The smallest absolute Gasteiger partial charge is 0.261 e. The van der Waals surface area contributed by atoms with Gasteiger partial charge in [0.2, 0.25) is 0 Å². The fraction of sp³-hybridized carbons (Fsp3) is 0.105. The molecule has 2 aromatic carbocycles. The summed E-state index contributed by atoms with van der Waals surface area (Å²) >= 11 is 1.48. The fourth-order valence-electron chi connectivity index (χ4n) is 2.89. The molecule has 0 radical (unpaired) electrons. The number of Topliss-reactive ketones (excluding diaryl/α,β-unsaturated/α-hetero) is 1. The Kier molecular flexibility index (Phi) is 3.50. The SMILES string of the molecule is Cc1c(C(=O)Cn2cnc3ccccc3c2=O)sc2ccccc12. The van der Waals surface area contributed by atoms with Gasteiger partial charge in [0.25, 0.3) is 5.56 Å². The first-order valence-corrected chi connectivity index (χ1v) is 8.42. The summed E-state index contributed by atoms with van der Waals surface area (Å²) in [4.78, 5) is 30.2. The Morgan fingerprint density at radius 1 is 1.08 bits per heavy atom. The summed E-state index contributed by atoms with van der Waals surface area (Å²) in [7, 11) is 0. The Balaban J connectivity index is 1.75. The molecule has 0 bridgehead atoms. The lowest BCUT2D eigenvalue weighted by molar-refractivity contribution is 0.0974. The highest BCUT2D eigenvalue weighted by molar-refractivity contribution is 7.21. The van der Waals surface area contributed by atoms with Crippen LogP contribution in [0.5, 0.6) is 0 Å². The number of rotatable bonds is 3. The molecule has 2 aromatic heterocycles. The number of ketones is 1. The van der Waals surface area contributed by atoms with Crippen LogP contribution in [0.4, 0.5) is 0 Å². The van der Waals surface area contributed by atoms with Crippen molar-refractivity contribution in [2.75, 3.05) is 0 Å². The molecule has 0 aliphatic rings. The maximum Gasteiger partial charge on any atom is 0.261 e. The standard InChI is InChI=1S/C19H14N2O2S/c1-12-13-6-3-5-9-17(13)24-18(12)16(22)10-21-11-20-15-8-4-2-7-14(15)19(21)23/h2-9,11H,10H2,1H3. The minimum atomic E-state index is -0.187. The number of fused-ring (bicyclic) bond motifs is 2. The highest BCUT2D eigenvalue weighted by Crippen LogP contribution is 2.30. The van der Waals surface area contributed by atoms with E-state index in [0.717, 1.165) is 15.6 Å². The lowest BCUT2D eigenvalue weighted by Crippen LogP contribution is -2.24. The van der Waals surface area contributed by atoms with Crippen molar-refractivity contribution in [1.82, 2.24) is 9.55 Å². The van der Waals surface area contributed by atoms with Gasteiger partial charge in [-0.25, -0.2) is 4.98 Å². The van der Waals surface area contributed by atoms with Gasteiger partial charge in [-0.3, -0.25) is 14.2 Å². The first-order valence-electron chi connectivity index (χ1n) is 7.60. The van der Waals surface area contributed by atoms with Gasteiger partial charge in [0, 0.05) is 4.70 Å². The molecule has 0 atom stereocenters. The van der Waals surface area contributed by atoms with Crippen molar-refractivity contribution in [2.45, 2.75) is 13.5 Å². The third kappa shape index (κ3) is 2.34. The van der Waals surface area contributed by atoms with E-state index in [1.165, 1.54) is 22.2 Å². The van der Waals surface area contributed by atoms with Crippen molar-refractivity contribution < 1.29 is 4.79 Å². The second-order valence-corrected chi connectivity index (χ2v) is 6.72. The molecular formula is C19H14N2O2S. The van der Waals surface area contributed by atoms with Gasteiger partial charge in [-0.15, -0.1) is 11.3 Å². The molecule has 5 heteroatoms. The molecule has 0 fully saturated rings. The number of aryl methyl sites for hydroxylation is 1. The molecule has 4 rings (SSSR count). The van der Waals surface area contributed by atoms with Crippen LogP contribution in [-0.2, 0) is 6.54 Å². The maximum absolute atomic E-state index is 12.7. The van der Waals surface area contributed by atoms with Gasteiger partial charge in [0.05, 0.1) is 28.7 Å². The molecule has 4 nitrogen and oxygen atoms in total. The van der Waals surface area contributed by atoms with E-state index in [-0.39, 0.29) is 17.9 Å². The van der Waals surface area contributed by atoms with Crippen LogP contribution in [0.1, 0.15) is 15.2 Å². The summed E-state index contributed by atoms with van der Waals surface area (Å²) in [5.41, 5.74) is 1.43. The Morgan fingerprint density at radius 3 is 2.58 bits per heavy atom. The quantitative estimate of drug-likeness (QED) is 0.536. The van der Waals surface area contributed by atoms with Crippen LogP contribution in [0.3, 0.4) is 0 Å². The summed E-state index contributed by atoms with van der Waals surface area (Å²) in [5.74, 6) is -0.0621. The lowest BCUT2D eigenvalue weighted by Gasteiger charge is -2.05. The van der Waals surface area contributed by atoms with Gasteiger partial charge < -0.3 is 0 Å². The Bertz CT molecular complexity index is 1140. The molecule has 118 valence electrons. The first kappa shape index (κ1) is 14.8. The molecule has 0 saturated carbocycles. The highest BCUT2D eigenvalue weighted by atomic mass is 32.1. The first-order chi connectivity index (χ1) is 11.6. The topological polar surface area (TPSA) is 52.0 Å². The molecule has 0 saturated heterocycles. The number of aromatic nitrogens is 2. The zero-order chi connectivity index (χ0) is 16.7. The maximum atomic E-state index is 12.7. The predicted octanol–water partition coefficient (Wildman–Crippen LogP) is 3.80. The number of hydrogen-bond donors (Lipinski definition) is 0. The van der Waals surface area contributed by atoms with Crippen LogP contribution < -0.4 is 5.56 Å². The highest BCUT2D eigenvalue weighted by Gasteiger charge is 2.16. The minimum Gasteiger partial charge on any atom is -0.291 e. The number of para-hydroxylation sites is 1. The number of benzene rings is 2. The Labute approximate surface area is 142 Å². The molecule has 24 heavy (non-hydrogen) atoms. The zero-order valence-corrected chi connectivity index (χ0v) is 13.8. The van der Waals surface area contributed by atoms with Crippen molar-refractivity contribution in [2.24, 2.45) is 0 Å². The van der Waals surface area contributed by atoms with Gasteiger partial charge in [-0.2, -0.15) is 0 Å². The molecule has 0 aliphatic carbocycles. The van der Waals surface area contributed by atoms with Crippen molar-refractivity contribution in [1.29, 1.82) is 0 Å². The van der Waals surface area contributed by atoms with Crippen LogP contribution in [0, 0.1) is 6.92 Å². The monoisotopic (exact) mass is 334 g/mol. The minimum absolute atomic E-state index is 0.00430. The van der Waals surface area contributed by atoms with E-state index in [1.54, 1.807) is 18.2 Å². The molecule has 0 spiro atoms. The van der Waals surface area contributed by atoms with Crippen LogP contribution in [0.2, 0.25) is 0 Å². The molecule has 4 aromatic rings. The Morgan fingerprint density at radius 2 is 1.79 bits per heavy atom. The largest absolute Gasteiger partial charge is 0.291 e. The molecule has 0 unspecified atom stereocenters. The second kappa shape index (κ2) is 5.69. The van der Waals surface area contributed by atoms with E-state index in [1.807, 2.05) is 37.3 Å². The van der Waals surface area contributed by atoms with Crippen molar-refractivity contribution in [3.05, 3.63) is 75.7 Å². The van der Waals surface area contributed by atoms with Gasteiger partial charge in [-0.1, -0.05) is 30.3 Å². The summed E-state index contributed by atoms with van der Waals surface area (Å²) in [5, 5.41) is 1.62. The summed E-state index contributed by atoms with van der Waals surface area (Å²) < 4.78 is 2.47. The molecule has 0 aliphatic heterocycles. The van der Waals surface area contributed by atoms with E-state index in [2.05, 4.69) is 4.98 Å². The number of nitrogens with zero attached hydrogens (tertiary/aromatic N) is 2. The third-order valence-electron chi connectivity index (χ3n) is 4.14. The number of hydrogen-bond acceptors (Lipinski definition) is 4. The van der Waals surface area contributed by atoms with E-state index in [4.69, 9.17) is 0 Å². The van der Waals surface area contributed by atoms with Crippen LogP contribution >= 0.6 is 11.3 Å². The average molecular weight is 334 g/mol. The number of carbonyl (C=O) groups excluding carboxylic acids is 1. The van der Waals surface area contributed by atoms with Crippen molar-refractivity contribution in [3.8, 4) is 0 Å².